The minimum absolute atomic E-state index is 0.0892. The van der Waals surface area contributed by atoms with E-state index in [0.717, 1.165) is 38.9 Å². The van der Waals surface area contributed by atoms with Crippen LogP contribution in [-0.4, -0.2) is 14.8 Å². The van der Waals surface area contributed by atoms with Crippen LogP contribution in [0.2, 0.25) is 0 Å². The molecule has 4 heteroatoms. The van der Waals surface area contributed by atoms with E-state index in [1.807, 2.05) is 41.9 Å². The fourth-order valence-corrected chi connectivity index (χ4v) is 3.33. The van der Waals surface area contributed by atoms with Crippen molar-refractivity contribution in [2.45, 2.75) is 20.8 Å². The Morgan fingerprint density at radius 3 is 2.39 bits per heavy atom. The molecule has 4 aromatic rings. The number of hydrogen-bond acceptors (Lipinski definition) is 2. The van der Waals surface area contributed by atoms with Crippen molar-refractivity contribution in [3.05, 3.63) is 69.6 Å². The number of rotatable bonds is 1. The molecule has 4 nitrogen and oxygen atoms in total. The second-order valence-corrected chi connectivity index (χ2v) is 5.96. The lowest BCUT2D eigenvalue weighted by molar-refractivity contribution is 0.876. The highest BCUT2D eigenvalue weighted by Crippen LogP contribution is 2.28. The van der Waals surface area contributed by atoms with E-state index >= 15 is 0 Å². The van der Waals surface area contributed by atoms with Gasteiger partial charge in [-0.05, 0) is 38.0 Å². The van der Waals surface area contributed by atoms with E-state index in [2.05, 4.69) is 36.1 Å². The van der Waals surface area contributed by atoms with Gasteiger partial charge in [0.2, 0.25) is 0 Å². The van der Waals surface area contributed by atoms with Gasteiger partial charge < -0.3 is 4.98 Å². The molecule has 0 unspecified atom stereocenters. The van der Waals surface area contributed by atoms with Crippen LogP contribution in [0.15, 0.2) is 47.3 Å². The zero-order valence-corrected chi connectivity index (χ0v) is 13.3. The molecule has 0 bridgehead atoms. The van der Waals surface area contributed by atoms with Crippen molar-refractivity contribution in [3.63, 3.8) is 0 Å². The quantitative estimate of drug-likeness (QED) is 0.581. The summed E-state index contributed by atoms with van der Waals surface area (Å²) in [5, 5.41) is 6.35. The third-order valence-corrected chi connectivity index (χ3v) is 4.37. The molecular formula is C19H17N3O. The van der Waals surface area contributed by atoms with Gasteiger partial charge in [0.25, 0.3) is 5.56 Å². The number of nitrogens with zero attached hydrogens (tertiary/aromatic N) is 2. The SMILES string of the molecule is Cc1cccc(C)c1-n1nc(C)c2c(=O)[nH]c3ccccc3c21. The van der Waals surface area contributed by atoms with Crippen molar-refractivity contribution in [3.8, 4) is 5.69 Å². The number of nitrogens with one attached hydrogen (secondary N) is 1. The van der Waals surface area contributed by atoms with Gasteiger partial charge in [-0.15, -0.1) is 0 Å². The molecule has 0 spiro atoms. The van der Waals surface area contributed by atoms with Gasteiger partial charge in [0.1, 0.15) is 0 Å². The molecule has 0 aliphatic carbocycles. The molecular weight excluding hydrogens is 286 g/mol. The Hall–Kier alpha value is -2.88. The summed E-state index contributed by atoms with van der Waals surface area (Å²) < 4.78 is 1.92. The van der Waals surface area contributed by atoms with E-state index in [4.69, 9.17) is 0 Å². The highest BCUT2D eigenvalue weighted by Gasteiger charge is 2.17. The zero-order chi connectivity index (χ0) is 16.1. The number of aromatic nitrogens is 3. The summed E-state index contributed by atoms with van der Waals surface area (Å²) >= 11 is 0. The smallest absolute Gasteiger partial charge is 0.259 e. The number of H-pyrrole nitrogens is 1. The number of aromatic amines is 1. The van der Waals surface area contributed by atoms with Gasteiger partial charge in [-0.3, -0.25) is 4.79 Å². The molecule has 0 radical (unpaired) electrons. The number of para-hydroxylation sites is 2. The molecule has 0 atom stereocenters. The molecule has 1 N–H and O–H groups in total. The Morgan fingerprint density at radius 2 is 1.65 bits per heavy atom. The maximum atomic E-state index is 12.5. The molecule has 0 aliphatic rings. The van der Waals surface area contributed by atoms with Crippen LogP contribution < -0.4 is 5.56 Å². The van der Waals surface area contributed by atoms with Gasteiger partial charge in [-0.1, -0.05) is 36.4 Å². The fraction of sp³-hybridized carbons (Fsp3) is 0.158. The van der Waals surface area contributed by atoms with Crippen LogP contribution in [0.4, 0.5) is 0 Å². The van der Waals surface area contributed by atoms with Crippen LogP contribution in [0.3, 0.4) is 0 Å². The lowest BCUT2D eigenvalue weighted by Gasteiger charge is -2.12. The maximum Gasteiger partial charge on any atom is 0.259 e. The standard InChI is InChI=1S/C19H17N3O/c1-11-7-6-8-12(2)17(11)22-18-14-9-4-5-10-15(14)20-19(23)16(18)13(3)21-22/h4-10H,1-3H3,(H,20,23). The summed E-state index contributed by atoms with van der Waals surface area (Å²) in [5.41, 5.74) is 5.68. The Bertz CT molecular complexity index is 1100. The largest absolute Gasteiger partial charge is 0.321 e. The molecule has 0 fully saturated rings. The molecule has 4 rings (SSSR count). The van der Waals surface area contributed by atoms with Crippen molar-refractivity contribution >= 4 is 21.8 Å². The Morgan fingerprint density at radius 1 is 0.957 bits per heavy atom. The second kappa shape index (κ2) is 4.81. The Kier molecular flexibility index (Phi) is 2.88. The maximum absolute atomic E-state index is 12.5. The van der Waals surface area contributed by atoms with Crippen molar-refractivity contribution in [2.24, 2.45) is 0 Å². The molecule has 2 heterocycles. The van der Waals surface area contributed by atoms with Gasteiger partial charge in [0, 0.05) is 5.39 Å². The molecule has 0 saturated heterocycles. The van der Waals surface area contributed by atoms with Gasteiger partial charge in [-0.2, -0.15) is 5.10 Å². The van der Waals surface area contributed by atoms with Crippen LogP contribution >= 0.6 is 0 Å². The van der Waals surface area contributed by atoms with Crippen LogP contribution in [0.25, 0.3) is 27.5 Å². The predicted octanol–water partition coefficient (Wildman–Crippen LogP) is 3.79. The highest BCUT2D eigenvalue weighted by molar-refractivity contribution is 6.04. The van der Waals surface area contributed by atoms with E-state index in [1.165, 1.54) is 0 Å². The lowest BCUT2D eigenvalue weighted by Crippen LogP contribution is -2.08. The molecule has 114 valence electrons. The van der Waals surface area contributed by atoms with Gasteiger partial charge >= 0.3 is 0 Å². The van der Waals surface area contributed by atoms with Crippen LogP contribution in [0, 0.1) is 20.8 Å². The fourth-order valence-electron chi connectivity index (χ4n) is 3.33. The first-order valence-electron chi connectivity index (χ1n) is 7.65. The number of pyridine rings is 1. The Labute approximate surface area is 133 Å². The zero-order valence-electron chi connectivity index (χ0n) is 13.3. The molecule has 2 aromatic carbocycles. The number of fused-ring (bicyclic) bond motifs is 3. The molecule has 0 amide bonds. The van der Waals surface area contributed by atoms with E-state index in [9.17, 15) is 4.79 Å². The highest BCUT2D eigenvalue weighted by atomic mass is 16.1. The van der Waals surface area contributed by atoms with Crippen LogP contribution in [-0.2, 0) is 0 Å². The second-order valence-electron chi connectivity index (χ2n) is 5.96. The first-order chi connectivity index (χ1) is 11.1. The first kappa shape index (κ1) is 13.8. The third kappa shape index (κ3) is 1.91. The summed E-state index contributed by atoms with van der Waals surface area (Å²) in [5.74, 6) is 0. The van der Waals surface area contributed by atoms with Crippen LogP contribution in [0.5, 0.6) is 0 Å². The van der Waals surface area contributed by atoms with E-state index in [-0.39, 0.29) is 5.56 Å². The molecule has 23 heavy (non-hydrogen) atoms. The average molecular weight is 303 g/mol. The van der Waals surface area contributed by atoms with Gasteiger partial charge in [0.15, 0.2) is 0 Å². The molecule has 0 saturated carbocycles. The minimum Gasteiger partial charge on any atom is -0.321 e. The summed E-state index contributed by atoms with van der Waals surface area (Å²) in [7, 11) is 0. The van der Waals surface area contributed by atoms with Crippen molar-refractivity contribution in [1.29, 1.82) is 0 Å². The summed E-state index contributed by atoms with van der Waals surface area (Å²) in [4.78, 5) is 15.5. The first-order valence-corrected chi connectivity index (χ1v) is 7.65. The third-order valence-electron chi connectivity index (χ3n) is 4.37. The number of aryl methyl sites for hydroxylation is 3. The van der Waals surface area contributed by atoms with Crippen molar-refractivity contribution in [1.82, 2.24) is 14.8 Å². The van der Waals surface area contributed by atoms with Gasteiger partial charge in [-0.25, -0.2) is 4.68 Å². The molecule has 0 aliphatic heterocycles. The van der Waals surface area contributed by atoms with E-state index < -0.39 is 0 Å². The minimum atomic E-state index is -0.0892. The van der Waals surface area contributed by atoms with Crippen LogP contribution in [0.1, 0.15) is 16.8 Å². The monoisotopic (exact) mass is 303 g/mol. The lowest BCUT2D eigenvalue weighted by atomic mass is 10.1. The number of hydrogen-bond donors (Lipinski definition) is 1. The van der Waals surface area contributed by atoms with Crippen molar-refractivity contribution < 1.29 is 0 Å². The van der Waals surface area contributed by atoms with E-state index in [0.29, 0.717) is 5.39 Å². The van der Waals surface area contributed by atoms with Gasteiger partial charge in [0.05, 0.1) is 27.8 Å². The summed E-state index contributed by atoms with van der Waals surface area (Å²) in [6.07, 6.45) is 0. The van der Waals surface area contributed by atoms with Crippen molar-refractivity contribution in [2.75, 3.05) is 0 Å². The Balaban J connectivity index is 2.28. The number of benzene rings is 2. The summed E-state index contributed by atoms with van der Waals surface area (Å²) in [6.45, 7) is 6.03. The average Bonchev–Trinajstić information content (AvgIpc) is 2.86. The topological polar surface area (TPSA) is 50.7 Å². The normalized spacial score (nSPS) is 11.4. The molecule has 2 aromatic heterocycles. The van der Waals surface area contributed by atoms with E-state index in [1.54, 1.807) is 0 Å². The predicted molar refractivity (Wildman–Crippen MR) is 93.4 cm³/mol. The summed E-state index contributed by atoms with van der Waals surface area (Å²) in [6, 6.07) is 14.0.